The molecule has 1 aromatic rings. The molecule has 0 N–H and O–H groups in total. The maximum atomic E-state index is 12.3. The second-order valence-corrected chi connectivity index (χ2v) is 4.40. The predicted octanol–water partition coefficient (Wildman–Crippen LogP) is 1.60. The van der Waals surface area contributed by atoms with Crippen LogP contribution in [0.4, 0.5) is 0 Å². The summed E-state index contributed by atoms with van der Waals surface area (Å²) in [6.07, 6.45) is 5.14. The Morgan fingerprint density at radius 3 is 2.87 bits per heavy atom. The molecule has 0 atom stereocenters. The van der Waals surface area contributed by atoms with Crippen LogP contribution in [0.5, 0.6) is 0 Å². The van der Waals surface area contributed by atoms with E-state index in [0.29, 0.717) is 19.0 Å². The molecule has 0 bridgehead atoms. The lowest BCUT2D eigenvalue weighted by Gasteiger charge is -2.37. The van der Waals surface area contributed by atoms with Crippen molar-refractivity contribution in [2.45, 2.75) is 25.7 Å². The van der Waals surface area contributed by atoms with Gasteiger partial charge in [-0.15, -0.1) is 0 Å². The van der Waals surface area contributed by atoms with Crippen LogP contribution in [0.15, 0.2) is 10.7 Å². The van der Waals surface area contributed by atoms with Crippen LogP contribution in [0.1, 0.15) is 35.4 Å². The normalized spacial score (nSPS) is 24.1. The van der Waals surface area contributed by atoms with Gasteiger partial charge in [0.25, 0.3) is 0 Å². The number of Topliss-reactive ketones (excluding diaryl/α,β-unsaturated/α-hetero) is 1. The first kappa shape index (κ1) is 9.09. The lowest BCUT2D eigenvalue weighted by molar-refractivity contribution is 0.00944. The number of rotatable bonds is 0. The van der Waals surface area contributed by atoms with Crippen molar-refractivity contribution >= 4 is 5.78 Å². The van der Waals surface area contributed by atoms with E-state index in [1.165, 1.54) is 0 Å². The molecule has 0 radical (unpaired) electrons. The fraction of sp³-hybridized carbons (Fsp3) is 0.636. The summed E-state index contributed by atoms with van der Waals surface area (Å²) < 4.78 is 10.4. The van der Waals surface area contributed by atoms with Crippen molar-refractivity contribution in [1.82, 2.24) is 5.16 Å². The fourth-order valence-electron chi connectivity index (χ4n) is 2.59. The highest BCUT2D eigenvalue weighted by atomic mass is 16.5. The number of fused-ring (bicyclic) bond motifs is 1. The SMILES string of the molecule is O=C1c2oncc2CCC12CCOCC2. The summed E-state index contributed by atoms with van der Waals surface area (Å²) in [5, 5.41) is 3.71. The zero-order chi connectivity index (χ0) is 10.3. The van der Waals surface area contributed by atoms with Gasteiger partial charge in [0, 0.05) is 24.2 Å². The third-order valence-electron chi connectivity index (χ3n) is 3.65. The third kappa shape index (κ3) is 1.24. The third-order valence-corrected chi connectivity index (χ3v) is 3.65. The van der Waals surface area contributed by atoms with Crippen LogP contribution in [0.3, 0.4) is 0 Å². The average Bonchev–Trinajstić information content (AvgIpc) is 2.74. The number of aryl methyl sites for hydroxylation is 1. The van der Waals surface area contributed by atoms with Gasteiger partial charge < -0.3 is 9.26 Å². The number of carbonyl (C=O) groups is 1. The van der Waals surface area contributed by atoms with Crippen molar-refractivity contribution < 1.29 is 14.1 Å². The van der Waals surface area contributed by atoms with Crippen molar-refractivity contribution in [3.8, 4) is 0 Å². The first-order valence-corrected chi connectivity index (χ1v) is 5.38. The summed E-state index contributed by atoms with van der Waals surface area (Å²) in [7, 11) is 0. The molecule has 4 heteroatoms. The minimum absolute atomic E-state index is 0.143. The molecule has 3 rings (SSSR count). The van der Waals surface area contributed by atoms with Crippen LogP contribution in [0, 0.1) is 5.41 Å². The Kier molecular flexibility index (Phi) is 1.92. The maximum Gasteiger partial charge on any atom is 0.207 e. The van der Waals surface area contributed by atoms with E-state index in [2.05, 4.69) is 5.16 Å². The zero-order valence-corrected chi connectivity index (χ0v) is 8.49. The average molecular weight is 207 g/mol. The van der Waals surface area contributed by atoms with Gasteiger partial charge in [-0.2, -0.15) is 0 Å². The van der Waals surface area contributed by atoms with Crippen molar-refractivity contribution in [2.75, 3.05) is 13.2 Å². The van der Waals surface area contributed by atoms with Crippen LogP contribution < -0.4 is 0 Å². The quantitative estimate of drug-likeness (QED) is 0.648. The van der Waals surface area contributed by atoms with E-state index in [1.807, 2.05) is 0 Å². The van der Waals surface area contributed by atoms with Crippen molar-refractivity contribution in [3.05, 3.63) is 17.5 Å². The lowest BCUT2D eigenvalue weighted by atomic mass is 9.68. The largest absolute Gasteiger partial charge is 0.381 e. The molecule has 1 spiro atoms. The van der Waals surface area contributed by atoms with E-state index < -0.39 is 0 Å². The molecular weight excluding hydrogens is 194 g/mol. The van der Waals surface area contributed by atoms with Crippen LogP contribution in [0.2, 0.25) is 0 Å². The van der Waals surface area contributed by atoms with E-state index >= 15 is 0 Å². The Bertz CT molecular complexity index is 390. The summed E-state index contributed by atoms with van der Waals surface area (Å²) in [6.45, 7) is 1.38. The lowest BCUT2D eigenvalue weighted by Crippen LogP contribution is -2.40. The summed E-state index contributed by atoms with van der Waals surface area (Å²) in [6, 6.07) is 0. The molecular formula is C11H13NO3. The summed E-state index contributed by atoms with van der Waals surface area (Å²) in [5.74, 6) is 0.632. The molecule has 1 aliphatic heterocycles. The van der Waals surface area contributed by atoms with Crippen LogP contribution in [-0.4, -0.2) is 24.2 Å². The number of aromatic nitrogens is 1. The topological polar surface area (TPSA) is 52.3 Å². The first-order valence-electron chi connectivity index (χ1n) is 5.38. The van der Waals surface area contributed by atoms with Crippen molar-refractivity contribution in [1.29, 1.82) is 0 Å². The van der Waals surface area contributed by atoms with Crippen LogP contribution in [-0.2, 0) is 11.2 Å². The van der Waals surface area contributed by atoms with Crippen LogP contribution >= 0.6 is 0 Å². The number of ether oxygens (including phenoxy) is 1. The molecule has 80 valence electrons. The van der Waals surface area contributed by atoms with Gasteiger partial charge in [-0.05, 0) is 25.7 Å². The standard InChI is InChI=1S/C11H13NO3/c13-10-9-8(7-12-15-9)1-2-11(10)3-5-14-6-4-11/h7H,1-6H2. The Balaban J connectivity index is 1.98. The van der Waals surface area contributed by atoms with E-state index in [0.717, 1.165) is 31.2 Å². The second-order valence-electron chi connectivity index (χ2n) is 4.40. The van der Waals surface area contributed by atoms with Crippen molar-refractivity contribution in [3.63, 3.8) is 0 Å². The molecule has 1 aromatic heterocycles. The highest BCUT2D eigenvalue weighted by Crippen LogP contribution is 2.42. The molecule has 0 saturated carbocycles. The molecule has 1 aliphatic carbocycles. The Morgan fingerprint density at radius 1 is 1.27 bits per heavy atom. The number of nitrogens with zero attached hydrogens (tertiary/aromatic N) is 1. The first-order chi connectivity index (χ1) is 7.32. The minimum atomic E-state index is -0.217. The molecule has 0 amide bonds. The van der Waals surface area contributed by atoms with Crippen LogP contribution in [0.25, 0.3) is 0 Å². The summed E-state index contributed by atoms with van der Waals surface area (Å²) in [5.41, 5.74) is 0.752. The fourth-order valence-corrected chi connectivity index (χ4v) is 2.59. The van der Waals surface area contributed by atoms with Gasteiger partial charge in [0.1, 0.15) is 0 Å². The second kappa shape index (κ2) is 3.17. The molecule has 15 heavy (non-hydrogen) atoms. The van der Waals surface area contributed by atoms with Gasteiger partial charge in [-0.3, -0.25) is 4.79 Å². The zero-order valence-electron chi connectivity index (χ0n) is 8.49. The van der Waals surface area contributed by atoms with Gasteiger partial charge in [0.2, 0.25) is 11.5 Å². The summed E-state index contributed by atoms with van der Waals surface area (Å²) in [4.78, 5) is 12.3. The number of hydrogen-bond donors (Lipinski definition) is 0. The Labute approximate surface area is 87.6 Å². The van der Waals surface area contributed by atoms with E-state index in [1.54, 1.807) is 6.20 Å². The predicted molar refractivity (Wildman–Crippen MR) is 51.6 cm³/mol. The van der Waals surface area contributed by atoms with Gasteiger partial charge >= 0.3 is 0 Å². The van der Waals surface area contributed by atoms with Gasteiger partial charge in [-0.25, -0.2) is 0 Å². The molecule has 0 unspecified atom stereocenters. The minimum Gasteiger partial charge on any atom is -0.381 e. The van der Waals surface area contributed by atoms with E-state index in [9.17, 15) is 4.79 Å². The monoisotopic (exact) mass is 207 g/mol. The summed E-state index contributed by atoms with van der Waals surface area (Å²) >= 11 is 0. The highest BCUT2D eigenvalue weighted by Gasteiger charge is 2.45. The molecule has 2 heterocycles. The number of carbonyl (C=O) groups excluding carboxylic acids is 1. The molecule has 1 fully saturated rings. The molecule has 0 aromatic carbocycles. The molecule has 4 nitrogen and oxygen atoms in total. The smallest absolute Gasteiger partial charge is 0.207 e. The number of ketones is 1. The van der Waals surface area contributed by atoms with Gasteiger partial charge in [0.05, 0.1) is 6.20 Å². The van der Waals surface area contributed by atoms with E-state index in [-0.39, 0.29) is 11.2 Å². The molecule has 2 aliphatic rings. The molecule has 1 saturated heterocycles. The van der Waals surface area contributed by atoms with Gasteiger partial charge in [-0.1, -0.05) is 5.16 Å². The van der Waals surface area contributed by atoms with Gasteiger partial charge in [0.15, 0.2) is 0 Å². The maximum absolute atomic E-state index is 12.3. The van der Waals surface area contributed by atoms with E-state index in [4.69, 9.17) is 9.26 Å². The Morgan fingerprint density at radius 2 is 2.07 bits per heavy atom. The highest BCUT2D eigenvalue weighted by molar-refractivity contribution is 6.00. The number of hydrogen-bond acceptors (Lipinski definition) is 4. The Hall–Kier alpha value is -1.16. The van der Waals surface area contributed by atoms with Crippen molar-refractivity contribution in [2.24, 2.45) is 5.41 Å².